The van der Waals surface area contributed by atoms with Gasteiger partial charge in [0.1, 0.15) is 46.4 Å². The van der Waals surface area contributed by atoms with Gasteiger partial charge in [-0.15, -0.1) is 0 Å². The van der Waals surface area contributed by atoms with Crippen LogP contribution in [0.4, 0.5) is 21.0 Å². The van der Waals surface area contributed by atoms with Gasteiger partial charge in [-0.25, -0.2) is 19.2 Å². The molecule has 0 spiro atoms. The number of carbonyl (C=O) groups excluding carboxylic acids is 4. The highest BCUT2D eigenvalue weighted by Crippen LogP contribution is 2.41. The van der Waals surface area contributed by atoms with Crippen molar-refractivity contribution >= 4 is 57.3 Å². The van der Waals surface area contributed by atoms with Crippen molar-refractivity contribution in [2.45, 2.75) is 102 Å². The minimum atomic E-state index is -1.57. The highest BCUT2D eigenvalue weighted by Gasteiger charge is 2.54. The van der Waals surface area contributed by atoms with Crippen molar-refractivity contribution in [1.29, 1.82) is 0 Å². The van der Waals surface area contributed by atoms with E-state index in [1.54, 1.807) is 27.7 Å². The third kappa shape index (κ3) is 10.8. The summed E-state index contributed by atoms with van der Waals surface area (Å²) in [7, 11) is 2.69. The molecule has 2 aliphatic heterocycles. The van der Waals surface area contributed by atoms with Gasteiger partial charge in [-0.2, -0.15) is 0 Å². The number of amides is 4. The number of hydrogen-bond acceptors (Lipinski definition) is 21. The zero-order valence-electron chi connectivity index (χ0n) is 42.4. The Labute approximate surface area is 436 Å². The number of methoxy groups -OCH3 is 2. The molecule has 0 radical (unpaired) electrons. The fraction of sp³-hybridized carbons (Fsp3) is 0.346. The van der Waals surface area contributed by atoms with Crippen LogP contribution in [0.3, 0.4) is 0 Å². The smallest absolute Gasteiger partial charge is 0.404 e. The van der Waals surface area contributed by atoms with Crippen LogP contribution < -0.4 is 47.6 Å². The Balaban J connectivity index is 0.898. The lowest BCUT2D eigenvalue weighted by Crippen LogP contribution is -2.65. The number of carbonyl (C=O) groups is 4. The molecule has 2 saturated heterocycles. The van der Waals surface area contributed by atoms with Crippen LogP contribution in [0.2, 0.25) is 0 Å². The Morgan fingerprint density at radius 3 is 1.25 bits per heavy atom. The Hall–Kier alpha value is -8.46. The van der Waals surface area contributed by atoms with Gasteiger partial charge in [-0.3, -0.25) is 9.59 Å². The standard InChI is InChI=1S/C52H54N4O21/c1-21-29(70-47-35(59)39(74-49(53)65)41(67-7)51(3,4)76-47)19-17-27-33(57)31(45(63)72-37(21)27)55-43(61)23-9-13-25(14-10-23)69-26-15-11-24(12-16-26)44(62)56-32-34(58)28-18-20-30(22(2)38(28)73-46(32)64)71-48-36(60)40(75-50(54)66)42(68-8)52(5,6)77-48/h9-20,35-36,39-42,47-48,57-60H,1-8H3,(H2,53,65)(H2,54,66)(H,55,61)(H,56,62). The molecule has 4 heterocycles. The molecule has 0 bridgehead atoms. The van der Waals surface area contributed by atoms with E-state index in [4.69, 9.17) is 62.9 Å². The van der Waals surface area contributed by atoms with Crippen molar-refractivity contribution in [3.05, 3.63) is 116 Å². The van der Waals surface area contributed by atoms with E-state index in [1.807, 2.05) is 0 Å². The summed E-state index contributed by atoms with van der Waals surface area (Å²) in [5, 5.41) is 49.3. The molecule has 6 aromatic rings. The van der Waals surface area contributed by atoms with E-state index < -0.39 is 119 Å². The Morgan fingerprint density at radius 2 is 0.922 bits per heavy atom. The highest BCUT2D eigenvalue weighted by atomic mass is 16.7. The van der Waals surface area contributed by atoms with Gasteiger partial charge in [0.05, 0.1) is 22.0 Å². The fourth-order valence-corrected chi connectivity index (χ4v) is 9.20. The maximum Gasteiger partial charge on any atom is 0.404 e. The molecular formula is C52H54N4O21. The van der Waals surface area contributed by atoms with E-state index in [0.717, 1.165) is 0 Å². The first-order chi connectivity index (χ1) is 36.3. The summed E-state index contributed by atoms with van der Waals surface area (Å²) in [5.74, 6) is -2.12. The first kappa shape index (κ1) is 54.8. The number of benzene rings is 4. The number of fused-ring (bicyclic) bond motifs is 2. The third-order valence-corrected chi connectivity index (χ3v) is 13.0. The number of nitrogens with one attached hydrogen (secondary N) is 2. The quantitative estimate of drug-likeness (QED) is 0.0670. The second-order valence-electron chi connectivity index (χ2n) is 18.9. The summed E-state index contributed by atoms with van der Waals surface area (Å²) in [6.45, 7) is 9.56. The molecule has 408 valence electrons. The van der Waals surface area contributed by atoms with E-state index in [1.165, 1.54) is 101 Å². The average Bonchev–Trinajstić information content (AvgIpc) is 3.46. The van der Waals surface area contributed by atoms with Crippen molar-refractivity contribution in [2.24, 2.45) is 11.5 Å². The van der Waals surface area contributed by atoms with Crippen molar-refractivity contribution < 1.29 is 91.1 Å². The van der Waals surface area contributed by atoms with E-state index in [-0.39, 0.29) is 67.2 Å². The minimum Gasteiger partial charge on any atom is -0.505 e. The molecule has 8 unspecified atom stereocenters. The number of rotatable bonds is 14. The lowest BCUT2D eigenvalue weighted by molar-refractivity contribution is -0.304. The molecule has 8 rings (SSSR count). The van der Waals surface area contributed by atoms with Crippen molar-refractivity contribution in [3.63, 3.8) is 0 Å². The summed E-state index contributed by atoms with van der Waals surface area (Å²) in [4.78, 5) is 76.4. The largest absolute Gasteiger partial charge is 0.505 e. The first-order valence-electron chi connectivity index (χ1n) is 23.5. The molecule has 25 heteroatoms. The second kappa shape index (κ2) is 21.3. The van der Waals surface area contributed by atoms with Gasteiger partial charge in [0, 0.05) is 36.5 Å². The van der Waals surface area contributed by atoms with Crippen LogP contribution in [0.5, 0.6) is 34.5 Å². The number of anilines is 2. The molecule has 25 nitrogen and oxygen atoms in total. The minimum absolute atomic E-state index is 0.0303. The normalized spacial score (nSPS) is 22.6. The third-order valence-electron chi connectivity index (χ3n) is 13.0. The van der Waals surface area contributed by atoms with Crippen LogP contribution in [0.1, 0.15) is 59.5 Å². The van der Waals surface area contributed by atoms with Crippen LogP contribution >= 0.6 is 0 Å². The predicted molar refractivity (Wildman–Crippen MR) is 268 cm³/mol. The molecule has 10 N–H and O–H groups in total. The molecule has 2 aromatic heterocycles. The summed E-state index contributed by atoms with van der Waals surface area (Å²) in [5.41, 5.74) is 5.22. The van der Waals surface area contributed by atoms with Crippen LogP contribution in [-0.4, -0.2) is 119 Å². The molecule has 4 aromatic carbocycles. The molecule has 4 amide bonds. The number of aryl methyl sites for hydroxylation is 2. The molecule has 0 aliphatic carbocycles. The Morgan fingerprint density at radius 1 is 0.571 bits per heavy atom. The molecule has 8 atom stereocenters. The number of ether oxygens (including phenoxy) is 9. The average molecular weight is 1070 g/mol. The summed E-state index contributed by atoms with van der Waals surface area (Å²) in [6, 6.07) is 16.9. The van der Waals surface area contributed by atoms with Gasteiger partial charge in [0.2, 0.25) is 12.6 Å². The molecule has 2 aliphatic rings. The highest BCUT2D eigenvalue weighted by molar-refractivity contribution is 6.07. The van der Waals surface area contributed by atoms with Gasteiger partial charge < -0.3 is 94.0 Å². The van der Waals surface area contributed by atoms with E-state index >= 15 is 0 Å². The fourth-order valence-electron chi connectivity index (χ4n) is 9.20. The van der Waals surface area contributed by atoms with Gasteiger partial charge in [-0.1, -0.05) is 0 Å². The molecule has 2 fully saturated rings. The second-order valence-corrected chi connectivity index (χ2v) is 18.9. The molecule has 0 saturated carbocycles. The van der Waals surface area contributed by atoms with Crippen LogP contribution in [0, 0.1) is 13.8 Å². The number of nitrogens with two attached hydrogens (primary N) is 2. The number of hydrogen-bond donors (Lipinski definition) is 8. The van der Waals surface area contributed by atoms with E-state index in [2.05, 4.69) is 10.6 Å². The van der Waals surface area contributed by atoms with Crippen LogP contribution in [-0.2, 0) is 28.4 Å². The maximum atomic E-state index is 13.3. The first-order valence-corrected chi connectivity index (χ1v) is 23.5. The van der Waals surface area contributed by atoms with E-state index in [0.29, 0.717) is 0 Å². The van der Waals surface area contributed by atoms with Gasteiger partial charge in [0.15, 0.2) is 47.3 Å². The lowest BCUT2D eigenvalue weighted by Gasteiger charge is -2.47. The topological polar surface area (TPSA) is 369 Å². The molecule has 77 heavy (non-hydrogen) atoms. The number of aliphatic hydroxyl groups is 2. The van der Waals surface area contributed by atoms with E-state index in [9.17, 15) is 49.2 Å². The van der Waals surface area contributed by atoms with Gasteiger partial charge in [0.25, 0.3) is 11.8 Å². The number of primary amides is 2. The summed E-state index contributed by atoms with van der Waals surface area (Å²) in [6.07, 6.45) is -12.7. The predicted octanol–water partition coefficient (Wildman–Crippen LogP) is 4.93. The maximum absolute atomic E-state index is 13.3. The van der Waals surface area contributed by atoms with Gasteiger partial charge in [-0.05, 0) is 114 Å². The summed E-state index contributed by atoms with van der Waals surface area (Å²) >= 11 is 0. The summed E-state index contributed by atoms with van der Waals surface area (Å²) < 4.78 is 62.0. The van der Waals surface area contributed by atoms with Crippen LogP contribution in [0.25, 0.3) is 21.9 Å². The Bertz CT molecular complexity index is 3170. The molecular weight excluding hydrogens is 1020 g/mol. The SMILES string of the molecule is COC1C(OC(N)=O)C(O)C(Oc2ccc3c(O)c(NC(=O)c4ccc(Oc5ccc(C(=O)Nc6c(O)c7ccc(OC8OC(C)(C)C(OC)C(OC(N)=O)C8O)c(C)c7oc6=O)cc5)cc4)c(=O)oc3c2C)OC1(C)C. The van der Waals surface area contributed by atoms with Crippen molar-refractivity contribution in [3.8, 4) is 34.5 Å². The monoisotopic (exact) mass is 1070 g/mol. The van der Waals surface area contributed by atoms with Crippen molar-refractivity contribution in [2.75, 3.05) is 24.9 Å². The van der Waals surface area contributed by atoms with Gasteiger partial charge >= 0.3 is 23.4 Å². The number of aromatic hydroxyl groups is 2. The van der Waals surface area contributed by atoms with Crippen molar-refractivity contribution in [1.82, 2.24) is 0 Å². The number of aliphatic hydroxyl groups excluding tert-OH is 2. The zero-order chi connectivity index (χ0) is 56.0. The Kier molecular flexibility index (Phi) is 15.1. The van der Waals surface area contributed by atoms with Crippen LogP contribution in [0.15, 0.2) is 91.2 Å². The zero-order valence-corrected chi connectivity index (χ0v) is 42.4. The lowest BCUT2D eigenvalue weighted by atomic mass is 9.89.